The Hall–Kier alpha value is -1.54. The third-order valence-corrected chi connectivity index (χ3v) is 11.0. The molecule has 3 atom stereocenters. The average Bonchev–Trinajstić information content (AvgIpc) is 3.15. The van der Waals surface area contributed by atoms with Crippen molar-refractivity contribution >= 4 is 13.7 Å². The predicted molar refractivity (Wildman–Crippen MR) is 238 cm³/mol. The van der Waals surface area contributed by atoms with Gasteiger partial charge in [0.15, 0.2) is 0 Å². The molecule has 328 valence electrons. The van der Waals surface area contributed by atoms with Crippen molar-refractivity contribution in [2.45, 2.75) is 206 Å². The van der Waals surface area contributed by atoms with Crippen LogP contribution in [0.15, 0.2) is 48.6 Å². The first-order valence-corrected chi connectivity index (χ1v) is 24.5. The first kappa shape index (κ1) is 54.5. The number of phosphoric ester groups is 1. The van der Waals surface area contributed by atoms with Crippen molar-refractivity contribution in [1.82, 2.24) is 5.32 Å². The largest absolute Gasteiger partial charge is 0.756 e. The molecule has 0 rings (SSSR count). The third kappa shape index (κ3) is 40.6. The van der Waals surface area contributed by atoms with Gasteiger partial charge in [-0.2, -0.15) is 0 Å². The van der Waals surface area contributed by atoms with Gasteiger partial charge < -0.3 is 28.8 Å². The predicted octanol–water partition coefficient (Wildman–Crippen LogP) is 12.2. The fraction of sp³-hybridized carbons (Fsp3) is 0.809. The molecule has 0 aromatic heterocycles. The van der Waals surface area contributed by atoms with Gasteiger partial charge in [-0.25, -0.2) is 0 Å². The van der Waals surface area contributed by atoms with Crippen LogP contribution < -0.4 is 10.2 Å². The molecular weight excluding hydrogens is 719 g/mol. The highest BCUT2D eigenvalue weighted by Gasteiger charge is 2.23. The minimum Gasteiger partial charge on any atom is -0.756 e. The Morgan fingerprint density at radius 2 is 1.05 bits per heavy atom. The molecular formula is C47H89N2O6P. The van der Waals surface area contributed by atoms with Crippen LogP contribution in [0.5, 0.6) is 0 Å². The first-order valence-electron chi connectivity index (χ1n) is 23.0. The smallest absolute Gasteiger partial charge is 0.268 e. The molecule has 3 unspecified atom stereocenters. The molecule has 2 N–H and O–H groups in total. The normalized spacial score (nSPS) is 14.8. The summed E-state index contributed by atoms with van der Waals surface area (Å²) in [6.07, 6.45) is 48.7. The summed E-state index contributed by atoms with van der Waals surface area (Å²) in [6.45, 7) is 4.58. The van der Waals surface area contributed by atoms with Crippen LogP contribution in [-0.4, -0.2) is 68.5 Å². The van der Waals surface area contributed by atoms with Crippen LogP contribution in [0.3, 0.4) is 0 Å². The summed E-state index contributed by atoms with van der Waals surface area (Å²) >= 11 is 0. The second-order valence-electron chi connectivity index (χ2n) is 16.7. The van der Waals surface area contributed by atoms with E-state index in [2.05, 4.69) is 55.6 Å². The second-order valence-corrected chi connectivity index (χ2v) is 18.2. The number of phosphoric acid groups is 1. The van der Waals surface area contributed by atoms with Gasteiger partial charge in [-0.05, 0) is 64.2 Å². The van der Waals surface area contributed by atoms with Gasteiger partial charge in [0, 0.05) is 6.42 Å². The number of carbonyl (C=O) groups excluding carboxylic acids is 1. The lowest BCUT2D eigenvalue weighted by atomic mass is 10.0. The minimum absolute atomic E-state index is 0.0105. The fourth-order valence-electron chi connectivity index (χ4n) is 6.31. The lowest BCUT2D eigenvalue weighted by Gasteiger charge is -2.29. The zero-order valence-corrected chi connectivity index (χ0v) is 38.0. The summed E-state index contributed by atoms with van der Waals surface area (Å²) < 4.78 is 23.2. The first-order chi connectivity index (χ1) is 27.0. The van der Waals surface area contributed by atoms with Crippen LogP contribution in [0.2, 0.25) is 0 Å². The van der Waals surface area contributed by atoms with Gasteiger partial charge in [0.05, 0.1) is 39.9 Å². The molecule has 0 saturated carbocycles. The Balaban J connectivity index is 4.48. The van der Waals surface area contributed by atoms with Gasteiger partial charge in [-0.3, -0.25) is 9.36 Å². The summed E-state index contributed by atoms with van der Waals surface area (Å²) in [4.78, 5) is 25.3. The van der Waals surface area contributed by atoms with E-state index in [0.29, 0.717) is 17.4 Å². The van der Waals surface area contributed by atoms with Crippen molar-refractivity contribution in [3.05, 3.63) is 48.6 Å². The molecule has 0 aromatic rings. The molecule has 1 amide bonds. The molecule has 0 bridgehead atoms. The highest BCUT2D eigenvalue weighted by atomic mass is 31.2. The average molecular weight is 809 g/mol. The van der Waals surface area contributed by atoms with Gasteiger partial charge in [0.2, 0.25) is 5.91 Å². The maximum atomic E-state index is 12.8. The molecule has 0 spiro atoms. The minimum atomic E-state index is -4.60. The number of hydrogen-bond acceptors (Lipinski definition) is 6. The Morgan fingerprint density at radius 1 is 0.625 bits per heavy atom. The molecule has 0 heterocycles. The fourth-order valence-corrected chi connectivity index (χ4v) is 7.04. The number of quaternary nitrogens is 1. The van der Waals surface area contributed by atoms with Crippen molar-refractivity contribution in [3.63, 3.8) is 0 Å². The zero-order valence-electron chi connectivity index (χ0n) is 37.1. The van der Waals surface area contributed by atoms with E-state index in [0.717, 1.165) is 64.2 Å². The highest BCUT2D eigenvalue weighted by Crippen LogP contribution is 2.38. The van der Waals surface area contributed by atoms with Crippen LogP contribution in [0, 0.1) is 0 Å². The molecule has 0 aromatic carbocycles. The molecule has 0 aliphatic carbocycles. The Morgan fingerprint density at radius 3 is 1.59 bits per heavy atom. The lowest BCUT2D eigenvalue weighted by molar-refractivity contribution is -0.870. The second kappa shape index (κ2) is 38.9. The molecule has 56 heavy (non-hydrogen) atoms. The van der Waals surface area contributed by atoms with Crippen molar-refractivity contribution in [2.75, 3.05) is 40.9 Å². The van der Waals surface area contributed by atoms with Gasteiger partial charge in [0.1, 0.15) is 13.2 Å². The molecule has 8 nitrogen and oxygen atoms in total. The number of unbranched alkanes of at least 4 members (excludes halogenated alkanes) is 22. The van der Waals surface area contributed by atoms with E-state index < -0.39 is 26.6 Å². The number of nitrogens with one attached hydrogen (secondary N) is 1. The number of amides is 1. The van der Waals surface area contributed by atoms with E-state index in [1.54, 1.807) is 6.08 Å². The van der Waals surface area contributed by atoms with Gasteiger partial charge in [0.25, 0.3) is 7.82 Å². The molecule has 9 heteroatoms. The number of hydrogen-bond donors (Lipinski definition) is 2. The number of aliphatic hydroxyl groups is 1. The van der Waals surface area contributed by atoms with Gasteiger partial charge in [-0.15, -0.1) is 0 Å². The number of carbonyl (C=O) groups is 1. The van der Waals surface area contributed by atoms with Crippen LogP contribution in [0.4, 0.5) is 0 Å². The molecule has 0 saturated heterocycles. The summed E-state index contributed by atoms with van der Waals surface area (Å²) in [6, 6.07) is -0.910. The van der Waals surface area contributed by atoms with Crippen molar-refractivity contribution < 1.29 is 32.9 Å². The maximum Gasteiger partial charge on any atom is 0.268 e. The summed E-state index contributed by atoms with van der Waals surface area (Å²) in [5.74, 6) is -0.223. The number of aliphatic hydroxyl groups excluding tert-OH is 1. The summed E-state index contributed by atoms with van der Waals surface area (Å²) in [7, 11) is 1.23. The van der Waals surface area contributed by atoms with E-state index in [1.807, 2.05) is 27.2 Å². The molecule has 0 radical (unpaired) electrons. The number of nitrogens with zero attached hydrogens (tertiary/aromatic N) is 1. The van der Waals surface area contributed by atoms with Crippen LogP contribution in [0.1, 0.15) is 194 Å². The number of rotatable bonds is 41. The molecule has 0 fully saturated rings. The molecule has 0 aliphatic heterocycles. The van der Waals surface area contributed by atoms with E-state index >= 15 is 0 Å². The summed E-state index contributed by atoms with van der Waals surface area (Å²) in [5.41, 5.74) is 0. The van der Waals surface area contributed by atoms with Crippen LogP contribution >= 0.6 is 7.82 Å². The number of allylic oxidation sites excluding steroid dienone is 7. The topological polar surface area (TPSA) is 108 Å². The van der Waals surface area contributed by atoms with E-state index in [4.69, 9.17) is 9.05 Å². The zero-order chi connectivity index (χ0) is 41.4. The van der Waals surface area contributed by atoms with E-state index in [-0.39, 0.29) is 12.5 Å². The van der Waals surface area contributed by atoms with E-state index in [9.17, 15) is 19.4 Å². The van der Waals surface area contributed by atoms with Crippen molar-refractivity contribution in [1.29, 1.82) is 0 Å². The standard InChI is InChI=1S/C47H89N2O6P/c1-6-8-10-12-14-16-18-20-22-23-24-25-27-28-30-32-34-36-38-40-46(50)45(44-55-56(52,53)54-43-42-49(3,4)5)48-47(51)41-39-37-35-33-31-29-26-21-19-17-15-13-11-9-7-2/h15,17,21,26,30,32,38,40,45-46,50H,6-14,16,18-20,22-25,27-29,31,33-37,39,41-44H2,1-5H3,(H-,48,51,52,53)/b17-15-,26-21-,32-30+,40-38+. The number of likely N-dealkylation sites (N-methyl/N-ethyl adjacent to an activating group) is 1. The van der Waals surface area contributed by atoms with Crippen LogP contribution in [0.25, 0.3) is 0 Å². The molecule has 0 aliphatic rings. The third-order valence-electron chi connectivity index (χ3n) is 10.0. The monoisotopic (exact) mass is 809 g/mol. The Labute approximate surface area is 346 Å². The lowest BCUT2D eigenvalue weighted by Crippen LogP contribution is -2.45. The van der Waals surface area contributed by atoms with Crippen molar-refractivity contribution in [2.24, 2.45) is 0 Å². The SMILES string of the molecule is CCCCC/C=C\C/C=C\CCCCCCCC(=O)NC(COP(=O)([O-])OCC[N+](C)(C)C)C(O)/C=C/CC/C=C/CCCCCCCCCCCCCCC. The maximum absolute atomic E-state index is 12.8. The Bertz CT molecular complexity index is 1050. The van der Waals surface area contributed by atoms with Crippen molar-refractivity contribution in [3.8, 4) is 0 Å². The van der Waals surface area contributed by atoms with E-state index in [1.165, 1.54) is 109 Å². The quantitative estimate of drug-likeness (QED) is 0.0276. The summed E-state index contributed by atoms with van der Waals surface area (Å²) in [5, 5.41) is 13.8. The Kier molecular flexibility index (Phi) is 37.9. The van der Waals surface area contributed by atoms with Gasteiger partial charge >= 0.3 is 0 Å². The highest BCUT2D eigenvalue weighted by molar-refractivity contribution is 7.45. The van der Waals surface area contributed by atoms with Gasteiger partial charge in [-0.1, -0.05) is 172 Å². The van der Waals surface area contributed by atoms with Crippen LogP contribution in [-0.2, 0) is 18.4 Å².